The summed E-state index contributed by atoms with van der Waals surface area (Å²) >= 11 is 0. The van der Waals surface area contributed by atoms with Crippen LogP contribution < -0.4 is 5.43 Å². The summed E-state index contributed by atoms with van der Waals surface area (Å²) in [5.41, 5.74) is 2.35. The molecule has 1 heterocycles. The Morgan fingerprint density at radius 3 is 2.63 bits per heavy atom. The molecular formula is C15H17NO3. The van der Waals surface area contributed by atoms with Crippen molar-refractivity contribution in [2.24, 2.45) is 0 Å². The molecule has 100 valence electrons. The number of hydrogen-bond donors (Lipinski definition) is 1. The van der Waals surface area contributed by atoms with E-state index in [1.165, 1.54) is 0 Å². The second-order valence-electron chi connectivity index (χ2n) is 4.55. The van der Waals surface area contributed by atoms with Gasteiger partial charge in [-0.25, -0.2) is 0 Å². The van der Waals surface area contributed by atoms with Crippen LogP contribution in [0, 0.1) is 6.92 Å². The highest BCUT2D eigenvalue weighted by Gasteiger charge is 2.13. The van der Waals surface area contributed by atoms with Crippen molar-refractivity contribution in [1.82, 2.24) is 4.57 Å². The predicted octanol–water partition coefficient (Wildman–Crippen LogP) is 2.35. The molecule has 0 unspecified atom stereocenters. The van der Waals surface area contributed by atoms with Crippen LogP contribution in [0.5, 0.6) is 0 Å². The Labute approximate surface area is 111 Å². The molecule has 4 nitrogen and oxygen atoms in total. The second-order valence-corrected chi connectivity index (χ2v) is 4.55. The van der Waals surface area contributed by atoms with Crippen LogP contribution in [0.4, 0.5) is 0 Å². The SMILES string of the molecule is CCn1c(C)c(CCC(=O)O)c(=O)c2ccccc21. The van der Waals surface area contributed by atoms with Gasteiger partial charge in [-0.3, -0.25) is 9.59 Å². The maximum Gasteiger partial charge on any atom is 0.303 e. The van der Waals surface area contributed by atoms with Gasteiger partial charge in [-0.05, 0) is 32.4 Å². The minimum atomic E-state index is -0.880. The number of fused-ring (bicyclic) bond motifs is 1. The van der Waals surface area contributed by atoms with E-state index in [9.17, 15) is 9.59 Å². The molecule has 0 radical (unpaired) electrons. The molecule has 1 aromatic heterocycles. The average molecular weight is 259 g/mol. The largest absolute Gasteiger partial charge is 0.481 e. The van der Waals surface area contributed by atoms with E-state index in [-0.39, 0.29) is 18.3 Å². The fraction of sp³-hybridized carbons (Fsp3) is 0.333. The summed E-state index contributed by atoms with van der Waals surface area (Å²) in [7, 11) is 0. The molecule has 0 saturated carbocycles. The third kappa shape index (κ3) is 2.38. The van der Waals surface area contributed by atoms with E-state index in [1.54, 1.807) is 6.07 Å². The Morgan fingerprint density at radius 1 is 1.32 bits per heavy atom. The van der Waals surface area contributed by atoms with Crippen LogP contribution in [0.1, 0.15) is 24.6 Å². The van der Waals surface area contributed by atoms with E-state index in [0.717, 1.165) is 17.8 Å². The van der Waals surface area contributed by atoms with Gasteiger partial charge < -0.3 is 9.67 Å². The summed E-state index contributed by atoms with van der Waals surface area (Å²) in [5.74, 6) is -0.880. The highest BCUT2D eigenvalue weighted by atomic mass is 16.4. The lowest BCUT2D eigenvalue weighted by molar-refractivity contribution is -0.136. The molecule has 4 heteroatoms. The van der Waals surface area contributed by atoms with Gasteiger partial charge in [-0.2, -0.15) is 0 Å². The Hall–Kier alpha value is -2.10. The van der Waals surface area contributed by atoms with E-state index in [1.807, 2.05) is 32.0 Å². The van der Waals surface area contributed by atoms with Gasteiger partial charge in [0.1, 0.15) is 0 Å². The van der Waals surface area contributed by atoms with Crippen molar-refractivity contribution in [2.45, 2.75) is 33.2 Å². The number of nitrogens with zero attached hydrogens (tertiary/aromatic N) is 1. The predicted molar refractivity (Wildman–Crippen MR) is 74.6 cm³/mol. The van der Waals surface area contributed by atoms with Gasteiger partial charge in [0.05, 0.1) is 5.52 Å². The minimum absolute atomic E-state index is 0.0157. The molecule has 0 amide bonds. The highest BCUT2D eigenvalue weighted by Crippen LogP contribution is 2.16. The molecule has 0 saturated heterocycles. The number of hydrogen-bond acceptors (Lipinski definition) is 2. The Kier molecular flexibility index (Phi) is 3.69. The van der Waals surface area contributed by atoms with Crippen LogP contribution in [-0.4, -0.2) is 15.6 Å². The number of para-hydroxylation sites is 1. The summed E-state index contributed by atoms with van der Waals surface area (Å²) in [4.78, 5) is 23.1. The number of aryl methyl sites for hydroxylation is 1. The number of aromatic nitrogens is 1. The molecule has 2 rings (SSSR count). The standard InChI is InChI=1S/C15H17NO3/c1-3-16-10(2)11(8-9-14(17)18)15(19)12-6-4-5-7-13(12)16/h4-7H,3,8-9H2,1-2H3,(H,17,18). The van der Waals surface area contributed by atoms with E-state index in [0.29, 0.717) is 10.9 Å². The van der Waals surface area contributed by atoms with E-state index in [4.69, 9.17) is 5.11 Å². The third-order valence-corrected chi connectivity index (χ3v) is 3.46. The number of benzene rings is 1. The first-order valence-electron chi connectivity index (χ1n) is 6.39. The zero-order valence-corrected chi connectivity index (χ0v) is 11.1. The summed E-state index contributed by atoms with van der Waals surface area (Å²) < 4.78 is 2.06. The Balaban J connectivity index is 2.70. The molecule has 2 aromatic rings. The van der Waals surface area contributed by atoms with E-state index < -0.39 is 5.97 Å². The highest BCUT2D eigenvalue weighted by molar-refractivity contribution is 5.80. The van der Waals surface area contributed by atoms with Crippen LogP contribution in [0.15, 0.2) is 29.1 Å². The van der Waals surface area contributed by atoms with Crippen LogP contribution >= 0.6 is 0 Å². The Bertz CT molecular complexity index is 686. The number of carbonyl (C=O) groups is 1. The van der Waals surface area contributed by atoms with Crippen LogP contribution in [0.3, 0.4) is 0 Å². The molecule has 19 heavy (non-hydrogen) atoms. The molecule has 0 spiro atoms. The smallest absolute Gasteiger partial charge is 0.303 e. The first-order chi connectivity index (χ1) is 9.06. The normalized spacial score (nSPS) is 10.8. The average Bonchev–Trinajstić information content (AvgIpc) is 2.39. The van der Waals surface area contributed by atoms with Gasteiger partial charge in [0.2, 0.25) is 0 Å². The van der Waals surface area contributed by atoms with Crippen molar-refractivity contribution in [3.63, 3.8) is 0 Å². The van der Waals surface area contributed by atoms with Gasteiger partial charge in [0, 0.05) is 29.6 Å². The van der Waals surface area contributed by atoms with Gasteiger partial charge in [0.25, 0.3) is 0 Å². The first kappa shape index (κ1) is 13.3. The lowest BCUT2D eigenvalue weighted by Crippen LogP contribution is -2.19. The maximum atomic E-state index is 12.4. The number of carboxylic acid groups (broad SMARTS) is 1. The quantitative estimate of drug-likeness (QED) is 0.916. The molecule has 0 atom stereocenters. The minimum Gasteiger partial charge on any atom is -0.481 e. The molecule has 0 bridgehead atoms. The van der Waals surface area contributed by atoms with Gasteiger partial charge in [0.15, 0.2) is 5.43 Å². The van der Waals surface area contributed by atoms with Crippen molar-refractivity contribution in [1.29, 1.82) is 0 Å². The van der Waals surface area contributed by atoms with Crippen molar-refractivity contribution < 1.29 is 9.90 Å². The molecule has 1 N–H and O–H groups in total. The zero-order valence-electron chi connectivity index (χ0n) is 11.1. The van der Waals surface area contributed by atoms with Crippen molar-refractivity contribution >= 4 is 16.9 Å². The molecule has 0 aliphatic heterocycles. The topological polar surface area (TPSA) is 59.3 Å². The van der Waals surface area contributed by atoms with Crippen LogP contribution in [0.25, 0.3) is 10.9 Å². The van der Waals surface area contributed by atoms with Crippen molar-refractivity contribution in [3.8, 4) is 0 Å². The van der Waals surface area contributed by atoms with Crippen molar-refractivity contribution in [3.05, 3.63) is 45.7 Å². The summed E-state index contributed by atoms with van der Waals surface area (Å²) in [6, 6.07) is 7.46. The van der Waals surface area contributed by atoms with Gasteiger partial charge >= 0.3 is 5.97 Å². The van der Waals surface area contributed by atoms with Gasteiger partial charge in [-0.1, -0.05) is 12.1 Å². The van der Waals surface area contributed by atoms with E-state index >= 15 is 0 Å². The fourth-order valence-electron chi connectivity index (χ4n) is 2.51. The van der Waals surface area contributed by atoms with E-state index in [2.05, 4.69) is 4.57 Å². The zero-order chi connectivity index (χ0) is 14.0. The number of pyridine rings is 1. The van der Waals surface area contributed by atoms with Crippen molar-refractivity contribution in [2.75, 3.05) is 0 Å². The lowest BCUT2D eigenvalue weighted by atomic mass is 10.0. The molecule has 0 fully saturated rings. The third-order valence-electron chi connectivity index (χ3n) is 3.46. The first-order valence-corrected chi connectivity index (χ1v) is 6.39. The van der Waals surface area contributed by atoms with Crippen LogP contribution in [0.2, 0.25) is 0 Å². The number of aliphatic carboxylic acids is 1. The Morgan fingerprint density at radius 2 is 2.00 bits per heavy atom. The number of carboxylic acids is 1. The molecule has 1 aromatic carbocycles. The molecular weight excluding hydrogens is 242 g/mol. The lowest BCUT2D eigenvalue weighted by Gasteiger charge is -2.16. The number of rotatable bonds is 4. The summed E-state index contributed by atoms with van der Waals surface area (Å²) in [6.07, 6.45) is 0.267. The second kappa shape index (κ2) is 5.26. The molecule has 0 aliphatic rings. The monoisotopic (exact) mass is 259 g/mol. The molecule has 0 aliphatic carbocycles. The maximum absolute atomic E-state index is 12.4. The van der Waals surface area contributed by atoms with Crippen LogP contribution in [-0.2, 0) is 17.8 Å². The summed E-state index contributed by atoms with van der Waals surface area (Å²) in [6.45, 7) is 4.66. The fourth-order valence-corrected chi connectivity index (χ4v) is 2.51. The summed E-state index contributed by atoms with van der Waals surface area (Å²) in [5, 5.41) is 9.45. The van der Waals surface area contributed by atoms with Gasteiger partial charge in [-0.15, -0.1) is 0 Å².